The lowest BCUT2D eigenvalue weighted by atomic mass is 9.97. The molecule has 0 atom stereocenters. The normalized spacial score (nSPS) is 14.1. The zero-order valence-corrected chi connectivity index (χ0v) is 17.6. The van der Waals surface area contributed by atoms with Crippen molar-refractivity contribution in [2.45, 2.75) is 19.4 Å². The Labute approximate surface area is 184 Å². The van der Waals surface area contributed by atoms with Crippen molar-refractivity contribution in [2.75, 3.05) is 25.0 Å². The highest BCUT2D eigenvalue weighted by Gasteiger charge is 2.24. The quantitative estimate of drug-likeness (QED) is 0.616. The van der Waals surface area contributed by atoms with Crippen LogP contribution in [0.3, 0.4) is 0 Å². The van der Waals surface area contributed by atoms with Crippen molar-refractivity contribution in [2.24, 2.45) is 5.92 Å². The number of hydrogen-bond acceptors (Lipinski definition) is 3. The first kappa shape index (κ1) is 22.6. The summed E-state index contributed by atoms with van der Waals surface area (Å²) in [4.78, 5) is 38.0. The van der Waals surface area contributed by atoms with E-state index in [2.05, 4.69) is 16.0 Å². The third-order valence-corrected chi connectivity index (χ3v) is 5.52. The molecule has 1 aliphatic rings. The van der Waals surface area contributed by atoms with Gasteiger partial charge in [-0.2, -0.15) is 0 Å². The minimum absolute atomic E-state index is 0.174. The number of carbonyl (C=O) groups excluding carboxylic acids is 3. The van der Waals surface area contributed by atoms with E-state index < -0.39 is 11.8 Å². The molecule has 1 heterocycles. The zero-order valence-electron chi connectivity index (χ0n) is 16.9. The number of piperidine rings is 1. The maximum atomic E-state index is 13.0. The van der Waals surface area contributed by atoms with Crippen LogP contribution in [0, 0.1) is 11.7 Å². The molecule has 1 aliphatic heterocycles. The molecule has 0 aromatic heterocycles. The van der Waals surface area contributed by atoms with E-state index in [0.717, 1.165) is 5.56 Å². The van der Waals surface area contributed by atoms with Crippen molar-refractivity contribution in [3.8, 4) is 0 Å². The Hall–Kier alpha value is -3.13. The van der Waals surface area contributed by atoms with Gasteiger partial charge < -0.3 is 20.9 Å². The monoisotopic (exact) mass is 446 g/mol. The molecule has 0 aliphatic carbocycles. The highest BCUT2D eigenvalue weighted by molar-refractivity contribution is 6.35. The smallest absolute Gasteiger partial charge is 0.321 e. The van der Waals surface area contributed by atoms with Crippen LogP contribution in [0.15, 0.2) is 48.5 Å². The number of hydrogen-bond donors (Lipinski definition) is 3. The maximum Gasteiger partial charge on any atom is 0.321 e. The lowest BCUT2D eigenvalue weighted by Gasteiger charge is -2.32. The van der Waals surface area contributed by atoms with Crippen LogP contribution in [0.25, 0.3) is 0 Å². The van der Waals surface area contributed by atoms with Gasteiger partial charge in [-0.3, -0.25) is 9.59 Å². The molecule has 164 valence electrons. The van der Waals surface area contributed by atoms with Gasteiger partial charge in [0.25, 0.3) is 0 Å². The summed E-state index contributed by atoms with van der Waals surface area (Å²) >= 11 is 6.04. The second kappa shape index (κ2) is 10.8. The number of likely N-dealkylation sites (tertiary alicyclic amines) is 1. The molecule has 3 N–H and O–H groups in total. The molecular formula is C22H24ClFN4O3. The van der Waals surface area contributed by atoms with Gasteiger partial charge in [0.2, 0.25) is 0 Å². The molecule has 9 heteroatoms. The van der Waals surface area contributed by atoms with Crippen LogP contribution in [0.5, 0.6) is 0 Å². The number of anilines is 1. The van der Waals surface area contributed by atoms with Gasteiger partial charge in [-0.25, -0.2) is 9.18 Å². The first-order chi connectivity index (χ1) is 14.9. The molecule has 0 radical (unpaired) electrons. The van der Waals surface area contributed by atoms with Crippen molar-refractivity contribution >= 4 is 35.1 Å². The summed E-state index contributed by atoms with van der Waals surface area (Å²) in [7, 11) is 0. The van der Waals surface area contributed by atoms with Gasteiger partial charge in [-0.15, -0.1) is 0 Å². The van der Waals surface area contributed by atoms with E-state index in [1.165, 1.54) is 24.3 Å². The van der Waals surface area contributed by atoms with Crippen molar-refractivity contribution in [1.82, 2.24) is 15.5 Å². The Bertz CT molecular complexity index is 931. The summed E-state index contributed by atoms with van der Waals surface area (Å²) in [5, 5.41) is 8.47. The Morgan fingerprint density at radius 2 is 1.61 bits per heavy atom. The van der Waals surface area contributed by atoms with E-state index in [0.29, 0.717) is 43.2 Å². The van der Waals surface area contributed by atoms with Crippen molar-refractivity contribution in [1.29, 1.82) is 0 Å². The Kier molecular flexibility index (Phi) is 7.83. The number of rotatable bonds is 5. The van der Waals surface area contributed by atoms with Gasteiger partial charge in [-0.05, 0) is 54.7 Å². The fourth-order valence-electron chi connectivity index (χ4n) is 3.29. The third-order valence-electron chi connectivity index (χ3n) is 5.15. The molecule has 0 bridgehead atoms. The summed E-state index contributed by atoms with van der Waals surface area (Å²) in [6.07, 6.45) is 1.41. The molecule has 0 spiro atoms. The van der Waals surface area contributed by atoms with Crippen LogP contribution in [0.1, 0.15) is 18.4 Å². The van der Waals surface area contributed by atoms with Crippen molar-refractivity contribution in [3.63, 3.8) is 0 Å². The molecule has 0 saturated carbocycles. The second-order valence-electron chi connectivity index (χ2n) is 7.35. The van der Waals surface area contributed by atoms with Crippen molar-refractivity contribution in [3.05, 3.63) is 64.9 Å². The van der Waals surface area contributed by atoms with Crippen LogP contribution < -0.4 is 16.0 Å². The SMILES string of the molecule is O=C(NCc1ccccc1Cl)C(=O)NCC1CCN(C(=O)Nc2ccc(F)cc2)CC1. The molecule has 1 fully saturated rings. The minimum atomic E-state index is -0.712. The molecule has 2 aromatic rings. The van der Waals surface area contributed by atoms with Gasteiger partial charge in [0, 0.05) is 36.9 Å². The Morgan fingerprint density at radius 3 is 2.29 bits per heavy atom. The van der Waals surface area contributed by atoms with E-state index in [1.807, 2.05) is 0 Å². The van der Waals surface area contributed by atoms with Gasteiger partial charge in [-0.1, -0.05) is 29.8 Å². The molecule has 3 rings (SSSR count). The van der Waals surface area contributed by atoms with E-state index in [-0.39, 0.29) is 24.3 Å². The number of urea groups is 1. The van der Waals surface area contributed by atoms with Gasteiger partial charge in [0.05, 0.1) is 0 Å². The number of amides is 4. The predicted octanol–water partition coefficient (Wildman–Crippen LogP) is 3.16. The predicted molar refractivity (Wildman–Crippen MR) is 116 cm³/mol. The number of nitrogens with one attached hydrogen (secondary N) is 3. The van der Waals surface area contributed by atoms with Gasteiger partial charge >= 0.3 is 17.8 Å². The molecule has 1 saturated heterocycles. The van der Waals surface area contributed by atoms with E-state index in [4.69, 9.17) is 11.6 Å². The largest absolute Gasteiger partial charge is 0.348 e. The summed E-state index contributed by atoms with van der Waals surface area (Å²) in [6, 6.07) is 12.4. The lowest BCUT2D eigenvalue weighted by molar-refractivity contribution is -0.139. The van der Waals surface area contributed by atoms with Crippen molar-refractivity contribution < 1.29 is 18.8 Å². The zero-order chi connectivity index (χ0) is 22.2. The van der Waals surface area contributed by atoms with E-state index in [1.54, 1.807) is 29.2 Å². The highest BCUT2D eigenvalue weighted by Crippen LogP contribution is 2.18. The topological polar surface area (TPSA) is 90.5 Å². The first-order valence-corrected chi connectivity index (χ1v) is 10.4. The Balaban J connectivity index is 1.36. The molecule has 7 nitrogen and oxygen atoms in total. The summed E-state index contributed by atoms with van der Waals surface area (Å²) in [5.74, 6) is -1.59. The summed E-state index contributed by atoms with van der Waals surface area (Å²) in [5.41, 5.74) is 1.26. The van der Waals surface area contributed by atoms with E-state index >= 15 is 0 Å². The highest BCUT2D eigenvalue weighted by atomic mass is 35.5. The van der Waals surface area contributed by atoms with Crippen LogP contribution >= 0.6 is 11.6 Å². The maximum absolute atomic E-state index is 13.0. The van der Waals surface area contributed by atoms with Crippen LogP contribution in [0.2, 0.25) is 5.02 Å². The second-order valence-corrected chi connectivity index (χ2v) is 7.76. The number of benzene rings is 2. The van der Waals surface area contributed by atoms with Crippen LogP contribution in [-0.2, 0) is 16.1 Å². The van der Waals surface area contributed by atoms with Gasteiger partial charge in [0.15, 0.2) is 0 Å². The number of nitrogens with zero attached hydrogens (tertiary/aromatic N) is 1. The average molecular weight is 447 g/mol. The third kappa shape index (κ3) is 6.68. The van der Waals surface area contributed by atoms with E-state index in [9.17, 15) is 18.8 Å². The lowest BCUT2D eigenvalue weighted by Crippen LogP contribution is -2.45. The van der Waals surface area contributed by atoms with Gasteiger partial charge in [0.1, 0.15) is 5.82 Å². The molecule has 2 aromatic carbocycles. The molecular weight excluding hydrogens is 423 g/mol. The molecule has 4 amide bonds. The van der Waals surface area contributed by atoms with Crippen LogP contribution in [-0.4, -0.2) is 42.4 Å². The molecule has 31 heavy (non-hydrogen) atoms. The summed E-state index contributed by atoms with van der Waals surface area (Å²) in [6.45, 7) is 1.61. The fraction of sp³-hybridized carbons (Fsp3) is 0.318. The fourth-order valence-corrected chi connectivity index (χ4v) is 3.49. The number of halogens is 2. The average Bonchev–Trinajstić information content (AvgIpc) is 2.78. The Morgan fingerprint density at radius 1 is 0.968 bits per heavy atom. The standard InChI is InChI=1S/C22H24ClFN4O3/c23-19-4-2-1-3-16(19)14-26-21(30)20(29)25-13-15-9-11-28(12-10-15)22(31)27-18-7-5-17(24)6-8-18/h1-8,15H,9-14H2,(H,25,29)(H,26,30)(H,27,31). The number of carbonyl (C=O) groups is 3. The minimum Gasteiger partial charge on any atom is -0.348 e. The molecule has 0 unspecified atom stereocenters. The first-order valence-electron chi connectivity index (χ1n) is 10.0. The van der Waals surface area contributed by atoms with Crippen LogP contribution in [0.4, 0.5) is 14.9 Å². The summed E-state index contributed by atoms with van der Waals surface area (Å²) < 4.78 is 13.0.